The van der Waals surface area contributed by atoms with Crippen molar-refractivity contribution in [1.29, 1.82) is 0 Å². The van der Waals surface area contributed by atoms with Gasteiger partial charge in [-0.15, -0.1) is 0 Å². The van der Waals surface area contributed by atoms with Gasteiger partial charge in [0.15, 0.2) is 9.84 Å². The molecule has 1 N–H and O–H groups in total. The molecule has 0 atom stereocenters. The van der Waals surface area contributed by atoms with Gasteiger partial charge in [0.05, 0.1) is 21.4 Å². The highest BCUT2D eigenvalue weighted by atomic mass is 35.5. The topological polar surface area (TPSA) is 63.2 Å². The van der Waals surface area contributed by atoms with Gasteiger partial charge in [-0.3, -0.25) is 4.79 Å². The Morgan fingerprint density at radius 3 is 2.39 bits per heavy atom. The van der Waals surface area contributed by atoms with Crippen LogP contribution in [0.15, 0.2) is 47.4 Å². The molecular weight excluding hydrogens is 357 g/mol. The molecule has 0 fully saturated rings. The summed E-state index contributed by atoms with van der Waals surface area (Å²) in [5, 5.41) is 3.33. The third-order valence-electron chi connectivity index (χ3n) is 3.18. The number of amides is 1. The Morgan fingerprint density at radius 2 is 1.74 bits per heavy atom. The second-order valence-electron chi connectivity index (χ2n) is 5.05. The second-order valence-corrected chi connectivity index (χ2v) is 8.01. The second kappa shape index (κ2) is 7.34. The highest BCUT2D eigenvalue weighted by molar-refractivity contribution is 7.91. The molecule has 0 aliphatic carbocycles. The Kier molecular flexibility index (Phi) is 5.68. The number of hydrogen-bond acceptors (Lipinski definition) is 3. The van der Waals surface area contributed by atoms with E-state index in [1.807, 2.05) is 6.92 Å². The summed E-state index contributed by atoms with van der Waals surface area (Å²) in [5.74, 6) is -0.718. The molecule has 2 aromatic rings. The minimum atomic E-state index is -3.50. The van der Waals surface area contributed by atoms with E-state index in [2.05, 4.69) is 5.32 Å². The third-order valence-corrected chi connectivity index (χ3v) is 5.48. The molecule has 0 spiro atoms. The summed E-state index contributed by atoms with van der Waals surface area (Å²) in [6, 6.07) is 11.2. The van der Waals surface area contributed by atoms with E-state index in [-0.39, 0.29) is 17.1 Å². The molecule has 0 aliphatic rings. The number of halogens is 2. The van der Waals surface area contributed by atoms with Gasteiger partial charge in [0, 0.05) is 11.4 Å². The first kappa shape index (κ1) is 17.8. The summed E-state index contributed by atoms with van der Waals surface area (Å²) in [6.07, 6.45) is -0.168. The molecule has 0 unspecified atom stereocenters. The maximum atomic E-state index is 12.2. The monoisotopic (exact) mass is 371 g/mol. The van der Waals surface area contributed by atoms with Crippen molar-refractivity contribution in [3.63, 3.8) is 0 Å². The fourth-order valence-electron chi connectivity index (χ4n) is 1.90. The van der Waals surface area contributed by atoms with E-state index >= 15 is 0 Å². The first-order valence-electron chi connectivity index (χ1n) is 6.82. The zero-order chi connectivity index (χ0) is 17.0. The number of nitrogens with one attached hydrogen (secondary N) is 1. The van der Waals surface area contributed by atoms with E-state index < -0.39 is 15.7 Å². The Hall–Kier alpha value is -1.56. The van der Waals surface area contributed by atoms with E-state index in [4.69, 9.17) is 23.2 Å². The summed E-state index contributed by atoms with van der Waals surface area (Å²) in [4.78, 5) is 12.1. The first-order valence-corrected chi connectivity index (χ1v) is 9.23. The molecule has 23 heavy (non-hydrogen) atoms. The smallest absolute Gasteiger partial charge is 0.225 e. The molecule has 1 amide bonds. The minimum absolute atomic E-state index is 0.168. The number of anilines is 1. The molecule has 0 bridgehead atoms. The van der Waals surface area contributed by atoms with E-state index in [0.29, 0.717) is 15.7 Å². The minimum Gasteiger partial charge on any atom is -0.325 e. The summed E-state index contributed by atoms with van der Waals surface area (Å²) in [5.41, 5.74) is 1.33. The first-order chi connectivity index (χ1) is 10.8. The van der Waals surface area contributed by atoms with Crippen LogP contribution in [-0.2, 0) is 14.6 Å². The molecule has 0 aromatic heterocycles. The molecule has 0 saturated heterocycles. The number of rotatable bonds is 5. The van der Waals surface area contributed by atoms with Crippen LogP contribution in [0.3, 0.4) is 0 Å². The lowest BCUT2D eigenvalue weighted by Gasteiger charge is -2.08. The van der Waals surface area contributed by atoms with Gasteiger partial charge in [-0.1, -0.05) is 40.9 Å². The van der Waals surface area contributed by atoms with Crippen LogP contribution in [-0.4, -0.2) is 20.1 Å². The average Bonchev–Trinajstić information content (AvgIpc) is 2.49. The van der Waals surface area contributed by atoms with Crippen molar-refractivity contribution in [2.45, 2.75) is 18.2 Å². The van der Waals surface area contributed by atoms with Crippen LogP contribution < -0.4 is 5.32 Å². The fourth-order valence-corrected chi connectivity index (χ4v) is 3.47. The van der Waals surface area contributed by atoms with E-state index in [1.54, 1.807) is 24.3 Å². The van der Waals surface area contributed by atoms with Crippen molar-refractivity contribution in [1.82, 2.24) is 0 Å². The van der Waals surface area contributed by atoms with Crippen molar-refractivity contribution >= 4 is 44.6 Å². The average molecular weight is 372 g/mol. The highest BCUT2D eigenvalue weighted by Crippen LogP contribution is 2.25. The zero-order valence-corrected chi connectivity index (χ0v) is 14.7. The molecule has 0 heterocycles. The van der Waals surface area contributed by atoms with Gasteiger partial charge < -0.3 is 5.32 Å². The summed E-state index contributed by atoms with van der Waals surface area (Å²) in [7, 11) is -3.50. The lowest BCUT2D eigenvalue weighted by atomic mass is 10.2. The largest absolute Gasteiger partial charge is 0.325 e. The molecular formula is C16H15Cl2NO3S. The molecule has 7 heteroatoms. The van der Waals surface area contributed by atoms with Gasteiger partial charge in [-0.2, -0.15) is 0 Å². The van der Waals surface area contributed by atoms with Crippen molar-refractivity contribution in [2.24, 2.45) is 0 Å². The van der Waals surface area contributed by atoms with Gasteiger partial charge in [0.2, 0.25) is 5.91 Å². The lowest BCUT2D eigenvalue weighted by molar-refractivity contribution is -0.115. The molecule has 4 nitrogen and oxygen atoms in total. The fraction of sp³-hybridized carbons (Fsp3) is 0.188. The Bertz CT molecular complexity index is 818. The van der Waals surface area contributed by atoms with Crippen molar-refractivity contribution in [2.75, 3.05) is 11.1 Å². The summed E-state index contributed by atoms with van der Waals surface area (Å²) in [6.45, 7) is 1.87. The predicted octanol–water partition coefficient (Wildman–Crippen LogP) is 4.10. The van der Waals surface area contributed by atoms with Crippen LogP contribution in [0.1, 0.15) is 12.0 Å². The Balaban J connectivity index is 2.01. The van der Waals surface area contributed by atoms with Crippen LogP contribution in [0.5, 0.6) is 0 Å². The third kappa shape index (κ3) is 4.96. The van der Waals surface area contributed by atoms with Gasteiger partial charge in [0.25, 0.3) is 0 Å². The Labute approximate surface area is 145 Å². The van der Waals surface area contributed by atoms with E-state index in [9.17, 15) is 13.2 Å². The molecule has 0 saturated carbocycles. The lowest BCUT2D eigenvalue weighted by Crippen LogP contribution is -2.17. The molecule has 0 radical (unpaired) electrons. The highest BCUT2D eigenvalue weighted by Gasteiger charge is 2.17. The van der Waals surface area contributed by atoms with Gasteiger partial charge >= 0.3 is 0 Å². The standard InChI is InChI=1S/C16H15Cl2NO3S/c1-11-2-5-13(6-3-11)23(21,22)9-8-16(20)19-15-10-12(17)4-7-14(15)18/h2-7,10H,8-9H2,1H3,(H,19,20). The maximum Gasteiger partial charge on any atom is 0.225 e. The SMILES string of the molecule is Cc1ccc(S(=O)(=O)CCC(=O)Nc2cc(Cl)ccc2Cl)cc1. The number of carbonyl (C=O) groups excluding carboxylic acids is 1. The number of carbonyl (C=O) groups is 1. The number of benzene rings is 2. The Morgan fingerprint density at radius 1 is 1.09 bits per heavy atom. The van der Waals surface area contributed by atoms with Crippen LogP contribution in [0.25, 0.3) is 0 Å². The van der Waals surface area contributed by atoms with Crippen molar-refractivity contribution < 1.29 is 13.2 Å². The number of hydrogen-bond donors (Lipinski definition) is 1. The van der Waals surface area contributed by atoms with E-state index in [1.165, 1.54) is 18.2 Å². The summed E-state index contributed by atoms with van der Waals surface area (Å²) >= 11 is 11.8. The van der Waals surface area contributed by atoms with Crippen molar-refractivity contribution in [3.05, 3.63) is 58.1 Å². The summed E-state index contributed by atoms with van der Waals surface area (Å²) < 4.78 is 24.4. The van der Waals surface area contributed by atoms with E-state index in [0.717, 1.165) is 5.56 Å². The van der Waals surface area contributed by atoms with Crippen LogP contribution in [0.2, 0.25) is 10.0 Å². The predicted molar refractivity (Wildman–Crippen MR) is 92.9 cm³/mol. The normalized spacial score (nSPS) is 11.3. The van der Waals surface area contributed by atoms with Gasteiger partial charge in [-0.25, -0.2) is 8.42 Å². The maximum absolute atomic E-state index is 12.2. The van der Waals surface area contributed by atoms with Gasteiger partial charge in [-0.05, 0) is 37.3 Å². The van der Waals surface area contributed by atoms with Crippen molar-refractivity contribution in [3.8, 4) is 0 Å². The van der Waals surface area contributed by atoms with Crippen LogP contribution in [0.4, 0.5) is 5.69 Å². The van der Waals surface area contributed by atoms with Crippen LogP contribution >= 0.6 is 23.2 Å². The molecule has 2 rings (SSSR count). The quantitative estimate of drug-likeness (QED) is 0.859. The molecule has 0 aliphatic heterocycles. The number of aryl methyl sites for hydroxylation is 1. The zero-order valence-electron chi connectivity index (χ0n) is 12.3. The number of sulfone groups is 1. The van der Waals surface area contributed by atoms with Crippen LogP contribution in [0, 0.1) is 6.92 Å². The molecule has 2 aromatic carbocycles. The van der Waals surface area contributed by atoms with Gasteiger partial charge in [0.1, 0.15) is 0 Å². The molecule has 122 valence electrons.